The fourth-order valence-corrected chi connectivity index (χ4v) is 2.16. The smallest absolute Gasteiger partial charge is 0.123 e. The van der Waals surface area contributed by atoms with Gasteiger partial charge in [0.1, 0.15) is 5.75 Å². The van der Waals surface area contributed by atoms with E-state index in [-0.39, 0.29) is 5.54 Å². The molecule has 1 heterocycles. The van der Waals surface area contributed by atoms with E-state index in [0.29, 0.717) is 0 Å². The third-order valence-electron chi connectivity index (χ3n) is 3.28. The molecule has 4 heteroatoms. The summed E-state index contributed by atoms with van der Waals surface area (Å²) in [7, 11) is 1.70. The Morgan fingerprint density at radius 3 is 2.71 bits per heavy atom. The van der Waals surface area contributed by atoms with Crippen molar-refractivity contribution in [2.45, 2.75) is 46.3 Å². The molecule has 2 rings (SSSR count). The van der Waals surface area contributed by atoms with E-state index in [9.17, 15) is 0 Å². The lowest BCUT2D eigenvalue weighted by Crippen LogP contribution is -2.34. The van der Waals surface area contributed by atoms with Crippen LogP contribution in [0, 0.1) is 6.92 Å². The quantitative estimate of drug-likeness (QED) is 0.918. The molecule has 0 radical (unpaired) electrons. The van der Waals surface area contributed by atoms with E-state index in [2.05, 4.69) is 56.4 Å². The lowest BCUT2D eigenvalue weighted by atomic mass is 10.1. The average molecular weight is 287 g/mol. The van der Waals surface area contributed by atoms with E-state index in [0.717, 1.165) is 24.4 Å². The van der Waals surface area contributed by atoms with Gasteiger partial charge in [0, 0.05) is 29.4 Å². The van der Waals surface area contributed by atoms with Crippen LogP contribution in [0.15, 0.2) is 30.6 Å². The highest BCUT2D eigenvalue weighted by Gasteiger charge is 2.10. The largest absolute Gasteiger partial charge is 0.496 e. The van der Waals surface area contributed by atoms with Gasteiger partial charge < -0.3 is 10.1 Å². The van der Waals surface area contributed by atoms with Gasteiger partial charge in [-0.3, -0.25) is 4.68 Å². The molecule has 1 aromatic carbocycles. The van der Waals surface area contributed by atoms with Crippen molar-refractivity contribution in [3.63, 3.8) is 0 Å². The molecular formula is C17H25N3O. The van der Waals surface area contributed by atoms with Gasteiger partial charge in [0.05, 0.1) is 19.9 Å². The summed E-state index contributed by atoms with van der Waals surface area (Å²) in [6.07, 6.45) is 4.00. The predicted molar refractivity (Wildman–Crippen MR) is 85.7 cm³/mol. The van der Waals surface area contributed by atoms with Crippen LogP contribution in [0.25, 0.3) is 0 Å². The van der Waals surface area contributed by atoms with E-state index in [1.165, 1.54) is 11.1 Å². The number of hydrogen-bond acceptors (Lipinski definition) is 3. The Bertz CT molecular complexity index is 596. The molecule has 0 aliphatic rings. The van der Waals surface area contributed by atoms with Gasteiger partial charge in [-0.2, -0.15) is 5.10 Å². The highest BCUT2D eigenvalue weighted by molar-refractivity contribution is 5.37. The topological polar surface area (TPSA) is 39.1 Å². The van der Waals surface area contributed by atoms with Crippen LogP contribution >= 0.6 is 0 Å². The maximum absolute atomic E-state index is 5.42. The molecule has 4 nitrogen and oxygen atoms in total. The van der Waals surface area contributed by atoms with Crippen LogP contribution in [0.5, 0.6) is 5.75 Å². The number of rotatable bonds is 5. The number of methoxy groups -OCH3 is 1. The second-order valence-corrected chi connectivity index (χ2v) is 6.47. The molecule has 21 heavy (non-hydrogen) atoms. The number of hydrogen-bond donors (Lipinski definition) is 1. The maximum Gasteiger partial charge on any atom is 0.123 e. The van der Waals surface area contributed by atoms with Gasteiger partial charge in [-0.15, -0.1) is 0 Å². The first-order valence-corrected chi connectivity index (χ1v) is 7.27. The average Bonchev–Trinajstić information content (AvgIpc) is 2.84. The molecule has 0 aliphatic heterocycles. The van der Waals surface area contributed by atoms with Crippen LogP contribution in [0.4, 0.5) is 0 Å². The lowest BCUT2D eigenvalue weighted by molar-refractivity contribution is 0.407. The number of ether oxygens (including phenoxy) is 1. The van der Waals surface area contributed by atoms with Crippen molar-refractivity contribution < 1.29 is 4.74 Å². The normalized spacial score (nSPS) is 11.7. The number of nitrogens with zero attached hydrogens (tertiary/aromatic N) is 2. The zero-order valence-electron chi connectivity index (χ0n) is 13.6. The van der Waals surface area contributed by atoms with E-state index in [1.54, 1.807) is 7.11 Å². The summed E-state index contributed by atoms with van der Waals surface area (Å²) >= 11 is 0. The highest BCUT2D eigenvalue weighted by Crippen LogP contribution is 2.20. The van der Waals surface area contributed by atoms with Crippen molar-refractivity contribution in [1.82, 2.24) is 15.1 Å². The van der Waals surface area contributed by atoms with Crippen molar-refractivity contribution in [3.8, 4) is 5.75 Å². The third kappa shape index (κ3) is 4.60. The second kappa shape index (κ2) is 6.31. The van der Waals surface area contributed by atoms with Crippen molar-refractivity contribution in [1.29, 1.82) is 0 Å². The van der Waals surface area contributed by atoms with Crippen LogP contribution in [-0.2, 0) is 13.1 Å². The predicted octanol–water partition coefficient (Wildman–Crippen LogP) is 3.14. The number of aromatic nitrogens is 2. The van der Waals surface area contributed by atoms with Crippen molar-refractivity contribution in [2.75, 3.05) is 7.11 Å². The summed E-state index contributed by atoms with van der Waals surface area (Å²) in [5, 5.41) is 7.91. The standard InChI is InChI=1S/C17H25N3O/c1-13-6-7-16(21-5)15(8-13)12-20-11-14(10-19-20)9-18-17(2,3)4/h6-8,10-11,18H,9,12H2,1-5H3. The molecule has 0 amide bonds. The van der Waals surface area contributed by atoms with E-state index < -0.39 is 0 Å². The molecule has 1 N–H and O–H groups in total. The first-order valence-electron chi connectivity index (χ1n) is 7.27. The van der Waals surface area contributed by atoms with Crippen LogP contribution in [0.2, 0.25) is 0 Å². The molecule has 0 fully saturated rings. The van der Waals surface area contributed by atoms with Crippen LogP contribution in [0.3, 0.4) is 0 Å². The molecule has 114 valence electrons. The molecule has 0 aliphatic carbocycles. The molecular weight excluding hydrogens is 262 g/mol. The number of benzene rings is 1. The minimum Gasteiger partial charge on any atom is -0.496 e. The van der Waals surface area contributed by atoms with Crippen molar-refractivity contribution in [3.05, 3.63) is 47.3 Å². The molecule has 0 atom stereocenters. The number of aryl methyl sites for hydroxylation is 1. The highest BCUT2D eigenvalue weighted by atomic mass is 16.5. The lowest BCUT2D eigenvalue weighted by Gasteiger charge is -2.19. The van der Waals surface area contributed by atoms with Gasteiger partial charge in [-0.1, -0.05) is 17.7 Å². The molecule has 0 unspecified atom stereocenters. The van der Waals surface area contributed by atoms with Gasteiger partial charge >= 0.3 is 0 Å². The SMILES string of the molecule is COc1ccc(C)cc1Cn1cc(CNC(C)(C)C)cn1. The Morgan fingerprint density at radius 2 is 2.05 bits per heavy atom. The Balaban J connectivity index is 2.07. The Kier molecular flexibility index (Phi) is 4.68. The second-order valence-electron chi connectivity index (χ2n) is 6.47. The molecule has 1 aromatic heterocycles. The first-order chi connectivity index (χ1) is 9.87. The fourth-order valence-electron chi connectivity index (χ4n) is 2.16. The van der Waals surface area contributed by atoms with E-state index in [4.69, 9.17) is 4.74 Å². The first kappa shape index (κ1) is 15.6. The monoisotopic (exact) mass is 287 g/mol. The van der Waals surface area contributed by atoms with Gasteiger partial charge in [-0.05, 0) is 33.8 Å². The van der Waals surface area contributed by atoms with E-state index >= 15 is 0 Å². The third-order valence-corrected chi connectivity index (χ3v) is 3.28. The molecule has 0 spiro atoms. The van der Waals surface area contributed by atoms with Crippen LogP contribution in [-0.4, -0.2) is 22.4 Å². The van der Waals surface area contributed by atoms with Gasteiger partial charge in [0.25, 0.3) is 0 Å². The zero-order valence-corrected chi connectivity index (χ0v) is 13.6. The minimum atomic E-state index is 0.113. The molecule has 0 saturated heterocycles. The number of nitrogens with one attached hydrogen (secondary N) is 1. The Labute approximate surface area is 127 Å². The molecule has 0 bridgehead atoms. The van der Waals surface area contributed by atoms with Crippen molar-refractivity contribution in [2.24, 2.45) is 0 Å². The van der Waals surface area contributed by atoms with E-state index in [1.807, 2.05) is 16.9 Å². The summed E-state index contributed by atoms with van der Waals surface area (Å²) in [4.78, 5) is 0. The summed E-state index contributed by atoms with van der Waals surface area (Å²) in [5.74, 6) is 0.908. The maximum atomic E-state index is 5.42. The summed E-state index contributed by atoms with van der Waals surface area (Å²) in [6, 6.07) is 6.22. The molecule has 0 saturated carbocycles. The summed E-state index contributed by atoms with van der Waals surface area (Å²) in [6.45, 7) is 10.1. The summed E-state index contributed by atoms with van der Waals surface area (Å²) < 4.78 is 7.37. The van der Waals surface area contributed by atoms with Crippen LogP contribution < -0.4 is 10.1 Å². The Morgan fingerprint density at radius 1 is 1.29 bits per heavy atom. The fraction of sp³-hybridized carbons (Fsp3) is 0.471. The van der Waals surface area contributed by atoms with Gasteiger partial charge in [0.2, 0.25) is 0 Å². The van der Waals surface area contributed by atoms with Gasteiger partial charge in [-0.25, -0.2) is 0 Å². The minimum absolute atomic E-state index is 0.113. The summed E-state index contributed by atoms with van der Waals surface area (Å²) in [5.41, 5.74) is 3.68. The van der Waals surface area contributed by atoms with Crippen molar-refractivity contribution >= 4 is 0 Å². The zero-order chi connectivity index (χ0) is 15.5. The van der Waals surface area contributed by atoms with Crippen LogP contribution in [0.1, 0.15) is 37.5 Å². The molecule has 2 aromatic rings. The van der Waals surface area contributed by atoms with Gasteiger partial charge in [0.15, 0.2) is 0 Å². The Hall–Kier alpha value is -1.81.